The predicted octanol–water partition coefficient (Wildman–Crippen LogP) is 5.17. The maximum Gasteiger partial charge on any atom is 0.255 e. The first-order chi connectivity index (χ1) is 12.3. The summed E-state index contributed by atoms with van der Waals surface area (Å²) in [5, 5.41) is 0. The molecule has 25 heavy (non-hydrogen) atoms. The van der Waals surface area contributed by atoms with Gasteiger partial charge >= 0.3 is 0 Å². The summed E-state index contributed by atoms with van der Waals surface area (Å²) in [4.78, 5) is 12.8. The second-order valence-electron chi connectivity index (χ2n) is 5.88. The van der Waals surface area contributed by atoms with Crippen LogP contribution in [-0.4, -0.2) is 4.57 Å². The van der Waals surface area contributed by atoms with Gasteiger partial charge in [0, 0.05) is 23.5 Å². The Hall–Kier alpha value is -3.39. The Balaban J connectivity index is 2.00. The van der Waals surface area contributed by atoms with E-state index in [4.69, 9.17) is 0 Å². The largest absolute Gasteiger partial charge is 0.284 e. The first kappa shape index (κ1) is 15.2. The molecule has 0 spiro atoms. The van der Waals surface area contributed by atoms with Gasteiger partial charge in [-0.1, -0.05) is 78.9 Å². The fourth-order valence-electron chi connectivity index (χ4n) is 3.03. The molecule has 0 amide bonds. The van der Waals surface area contributed by atoms with Crippen molar-refractivity contribution in [2.24, 2.45) is 0 Å². The zero-order valence-electron chi connectivity index (χ0n) is 13.7. The third-order valence-electron chi connectivity index (χ3n) is 4.26. The summed E-state index contributed by atoms with van der Waals surface area (Å²) < 4.78 is 1.70. The minimum atomic E-state index is -0.0373. The Morgan fingerprint density at radius 2 is 1.04 bits per heavy atom. The van der Waals surface area contributed by atoms with Crippen molar-refractivity contribution in [1.29, 1.82) is 0 Å². The van der Waals surface area contributed by atoms with Gasteiger partial charge < -0.3 is 0 Å². The molecule has 0 fully saturated rings. The van der Waals surface area contributed by atoms with E-state index < -0.39 is 0 Å². The number of benzene rings is 3. The number of pyridine rings is 1. The van der Waals surface area contributed by atoms with Gasteiger partial charge in [-0.2, -0.15) is 0 Å². The van der Waals surface area contributed by atoms with Crippen LogP contribution in [0.3, 0.4) is 0 Å². The van der Waals surface area contributed by atoms with Crippen LogP contribution in [0.25, 0.3) is 27.9 Å². The summed E-state index contributed by atoms with van der Waals surface area (Å²) in [6.45, 7) is 0. The van der Waals surface area contributed by atoms with Crippen LogP contribution >= 0.6 is 0 Å². The van der Waals surface area contributed by atoms with Gasteiger partial charge in [-0.3, -0.25) is 9.36 Å². The molecule has 4 rings (SSSR count). The van der Waals surface area contributed by atoms with Gasteiger partial charge in [-0.15, -0.1) is 0 Å². The summed E-state index contributed by atoms with van der Waals surface area (Å²) in [5.74, 6) is 0. The molecule has 0 N–H and O–H groups in total. The van der Waals surface area contributed by atoms with E-state index in [1.54, 1.807) is 10.6 Å². The average molecular weight is 323 g/mol. The van der Waals surface area contributed by atoms with E-state index in [0.717, 1.165) is 27.9 Å². The molecule has 0 saturated heterocycles. The van der Waals surface area contributed by atoms with Gasteiger partial charge in [0.15, 0.2) is 0 Å². The lowest BCUT2D eigenvalue weighted by Gasteiger charge is -2.14. The molecule has 0 aliphatic rings. The lowest BCUT2D eigenvalue weighted by atomic mass is 9.96. The van der Waals surface area contributed by atoms with Crippen LogP contribution in [0.5, 0.6) is 0 Å². The molecule has 4 aromatic rings. The number of hydrogen-bond donors (Lipinski definition) is 0. The van der Waals surface area contributed by atoms with E-state index in [9.17, 15) is 4.79 Å². The zero-order chi connectivity index (χ0) is 17.1. The second kappa shape index (κ2) is 6.62. The van der Waals surface area contributed by atoms with Crippen molar-refractivity contribution in [3.05, 3.63) is 114 Å². The summed E-state index contributed by atoms with van der Waals surface area (Å²) in [7, 11) is 0. The van der Waals surface area contributed by atoms with Crippen molar-refractivity contribution in [3.63, 3.8) is 0 Å². The molecular weight excluding hydrogens is 306 g/mol. The fourth-order valence-corrected chi connectivity index (χ4v) is 3.03. The summed E-state index contributed by atoms with van der Waals surface area (Å²) in [6, 6.07) is 31.7. The topological polar surface area (TPSA) is 22.0 Å². The van der Waals surface area contributed by atoms with Crippen molar-refractivity contribution < 1.29 is 0 Å². The van der Waals surface area contributed by atoms with Gasteiger partial charge in [-0.25, -0.2) is 0 Å². The molecule has 0 aliphatic heterocycles. The van der Waals surface area contributed by atoms with E-state index in [-0.39, 0.29) is 5.56 Å². The Kier molecular flexibility index (Phi) is 4.01. The smallest absolute Gasteiger partial charge is 0.255 e. The minimum Gasteiger partial charge on any atom is -0.284 e. The van der Waals surface area contributed by atoms with Crippen molar-refractivity contribution in [3.8, 4) is 27.9 Å². The molecule has 1 aromatic heterocycles. The number of aromatic nitrogens is 1. The number of para-hydroxylation sites is 1. The Morgan fingerprint density at radius 3 is 1.60 bits per heavy atom. The van der Waals surface area contributed by atoms with Crippen LogP contribution in [0.15, 0.2) is 108 Å². The normalized spacial score (nSPS) is 10.6. The third kappa shape index (κ3) is 3.02. The van der Waals surface area contributed by atoms with Crippen molar-refractivity contribution in [2.75, 3.05) is 0 Å². The molecule has 3 aromatic carbocycles. The van der Waals surface area contributed by atoms with Crippen LogP contribution in [0, 0.1) is 0 Å². The SMILES string of the molecule is O=c1cc(-c2ccccc2)c(-c2ccccc2)cn1-c1ccccc1. The monoisotopic (exact) mass is 323 g/mol. The first-order valence-electron chi connectivity index (χ1n) is 8.26. The van der Waals surface area contributed by atoms with E-state index in [1.807, 2.05) is 85.1 Å². The molecule has 2 heteroatoms. The lowest BCUT2D eigenvalue weighted by Crippen LogP contribution is -2.17. The zero-order valence-corrected chi connectivity index (χ0v) is 13.7. The molecule has 1 heterocycles. The van der Waals surface area contributed by atoms with Crippen molar-refractivity contribution >= 4 is 0 Å². The predicted molar refractivity (Wildman–Crippen MR) is 103 cm³/mol. The Labute approximate surface area is 146 Å². The fraction of sp³-hybridized carbons (Fsp3) is 0. The van der Waals surface area contributed by atoms with Crippen LogP contribution in [0.2, 0.25) is 0 Å². The van der Waals surface area contributed by atoms with E-state index >= 15 is 0 Å². The number of rotatable bonds is 3. The third-order valence-corrected chi connectivity index (χ3v) is 4.26. The van der Waals surface area contributed by atoms with Gasteiger partial charge in [0.05, 0.1) is 0 Å². The van der Waals surface area contributed by atoms with Crippen LogP contribution < -0.4 is 5.56 Å². The van der Waals surface area contributed by atoms with Crippen LogP contribution in [0.4, 0.5) is 0 Å². The molecule has 0 bridgehead atoms. The van der Waals surface area contributed by atoms with Gasteiger partial charge in [-0.05, 0) is 28.8 Å². The minimum absolute atomic E-state index is 0.0373. The molecule has 2 nitrogen and oxygen atoms in total. The van der Waals surface area contributed by atoms with Gasteiger partial charge in [0.2, 0.25) is 0 Å². The Morgan fingerprint density at radius 1 is 0.560 bits per heavy atom. The average Bonchev–Trinajstić information content (AvgIpc) is 2.70. The number of nitrogens with zero attached hydrogens (tertiary/aromatic N) is 1. The van der Waals surface area contributed by atoms with Crippen molar-refractivity contribution in [1.82, 2.24) is 4.57 Å². The van der Waals surface area contributed by atoms with Crippen LogP contribution in [-0.2, 0) is 0 Å². The highest BCUT2D eigenvalue weighted by atomic mass is 16.1. The Bertz CT molecular complexity index is 1040. The highest BCUT2D eigenvalue weighted by Crippen LogP contribution is 2.31. The number of hydrogen-bond acceptors (Lipinski definition) is 1. The quantitative estimate of drug-likeness (QED) is 0.510. The summed E-state index contributed by atoms with van der Waals surface area (Å²) in [6.07, 6.45) is 1.94. The van der Waals surface area contributed by atoms with E-state index in [1.165, 1.54) is 0 Å². The molecule has 0 unspecified atom stereocenters. The summed E-state index contributed by atoms with van der Waals surface area (Å²) in [5.41, 5.74) is 4.94. The molecule has 0 aliphatic carbocycles. The highest BCUT2D eigenvalue weighted by Gasteiger charge is 2.11. The van der Waals surface area contributed by atoms with E-state index in [0.29, 0.717) is 0 Å². The molecule has 0 atom stereocenters. The molecular formula is C23H17NO. The van der Waals surface area contributed by atoms with Gasteiger partial charge in [0.1, 0.15) is 0 Å². The maximum absolute atomic E-state index is 12.8. The van der Waals surface area contributed by atoms with Crippen LogP contribution in [0.1, 0.15) is 0 Å². The molecule has 0 saturated carbocycles. The maximum atomic E-state index is 12.8. The highest BCUT2D eigenvalue weighted by molar-refractivity contribution is 5.83. The van der Waals surface area contributed by atoms with Gasteiger partial charge in [0.25, 0.3) is 5.56 Å². The lowest BCUT2D eigenvalue weighted by molar-refractivity contribution is 0.994. The second-order valence-corrected chi connectivity index (χ2v) is 5.88. The van der Waals surface area contributed by atoms with Crippen molar-refractivity contribution in [2.45, 2.75) is 0 Å². The molecule has 0 radical (unpaired) electrons. The van der Waals surface area contributed by atoms with E-state index in [2.05, 4.69) is 12.1 Å². The first-order valence-corrected chi connectivity index (χ1v) is 8.26. The molecule has 120 valence electrons. The standard InChI is InChI=1S/C23H17NO/c25-23-16-21(18-10-4-1-5-11-18)22(19-12-6-2-7-13-19)17-24(23)20-14-8-3-9-15-20/h1-17H. The summed E-state index contributed by atoms with van der Waals surface area (Å²) >= 11 is 0.